The van der Waals surface area contributed by atoms with Crippen LogP contribution in [0.5, 0.6) is 0 Å². The number of nitrogens with zero attached hydrogens (tertiary/aromatic N) is 1. The summed E-state index contributed by atoms with van der Waals surface area (Å²) in [7, 11) is 0. The predicted octanol–water partition coefficient (Wildman–Crippen LogP) is 10.9. The van der Waals surface area contributed by atoms with E-state index in [0.29, 0.717) is 37.9 Å². The van der Waals surface area contributed by atoms with Gasteiger partial charge in [0.25, 0.3) is 0 Å². The van der Waals surface area contributed by atoms with Gasteiger partial charge in [-0.25, -0.2) is 0 Å². The highest BCUT2D eigenvalue weighted by molar-refractivity contribution is 6.18. The number of rotatable bonds is 30. The van der Waals surface area contributed by atoms with E-state index >= 15 is 0 Å². The third-order valence-electron chi connectivity index (χ3n) is 8.34. The molecule has 0 bridgehead atoms. The first-order valence-electron chi connectivity index (χ1n) is 18.0. The van der Waals surface area contributed by atoms with E-state index in [1.165, 1.54) is 83.5 Å². The van der Waals surface area contributed by atoms with Crippen molar-refractivity contribution in [2.24, 2.45) is 0 Å². The van der Waals surface area contributed by atoms with Gasteiger partial charge in [0.05, 0.1) is 19.1 Å². The van der Waals surface area contributed by atoms with Gasteiger partial charge in [-0.2, -0.15) is 0 Å². The lowest BCUT2D eigenvalue weighted by molar-refractivity contribution is -0.144. The van der Waals surface area contributed by atoms with Crippen LogP contribution in [0.25, 0.3) is 0 Å². The molecule has 44 heavy (non-hydrogen) atoms. The smallest absolute Gasteiger partial charge is 0.308 e. The maximum Gasteiger partial charge on any atom is 0.308 e. The molecule has 0 aliphatic carbocycles. The van der Waals surface area contributed by atoms with Gasteiger partial charge in [0.15, 0.2) is 0 Å². The van der Waals surface area contributed by atoms with Crippen LogP contribution in [0.1, 0.15) is 160 Å². The third kappa shape index (κ3) is 21.3. The van der Waals surface area contributed by atoms with Gasteiger partial charge in [0.1, 0.15) is 0 Å². The van der Waals surface area contributed by atoms with E-state index in [0.717, 1.165) is 49.8 Å². The molecule has 0 radical (unpaired) electrons. The second-order valence-electron chi connectivity index (χ2n) is 12.3. The van der Waals surface area contributed by atoms with E-state index in [-0.39, 0.29) is 18.3 Å². The Morgan fingerprint density at radius 2 is 1.14 bits per heavy atom. The zero-order valence-corrected chi connectivity index (χ0v) is 29.7. The van der Waals surface area contributed by atoms with Crippen LogP contribution >= 0.6 is 23.2 Å². The summed E-state index contributed by atoms with van der Waals surface area (Å²) in [6, 6.07) is 7.58. The molecule has 0 spiro atoms. The molecule has 1 amide bonds. The van der Waals surface area contributed by atoms with E-state index in [1.807, 2.05) is 24.3 Å². The average Bonchev–Trinajstić information content (AvgIpc) is 3.02. The molecule has 1 N–H and O–H groups in total. The molecule has 0 saturated carbocycles. The SMILES string of the molecule is CCCCCCCCCCCCCCCCCC(=O)NC(CC(=O)OCCCCCC)c1ccc(N(CCCl)CCCl)cc1. The first kappa shape index (κ1) is 40.6. The lowest BCUT2D eigenvalue weighted by Gasteiger charge is -2.24. The number of carbonyl (C=O) groups is 2. The summed E-state index contributed by atoms with van der Waals surface area (Å²) in [6.07, 6.45) is 24.3. The molecule has 1 unspecified atom stereocenters. The molecular weight excluding hydrogens is 591 g/mol. The highest BCUT2D eigenvalue weighted by Gasteiger charge is 2.20. The summed E-state index contributed by atoms with van der Waals surface area (Å²) in [6.45, 7) is 6.28. The van der Waals surface area contributed by atoms with Crippen LogP contribution in [0.2, 0.25) is 0 Å². The molecule has 1 aromatic rings. The molecule has 7 heteroatoms. The van der Waals surface area contributed by atoms with Gasteiger partial charge in [0.2, 0.25) is 5.91 Å². The summed E-state index contributed by atoms with van der Waals surface area (Å²) in [5, 5.41) is 3.13. The summed E-state index contributed by atoms with van der Waals surface area (Å²) in [5.41, 5.74) is 1.93. The molecular formula is C37H64Cl2N2O3. The maximum absolute atomic E-state index is 12.9. The van der Waals surface area contributed by atoms with Gasteiger partial charge in [0, 0.05) is 37.0 Å². The van der Waals surface area contributed by atoms with Crippen molar-refractivity contribution in [3.8, 4) is 0 Å². The molecule has 0 saturated heterocycles. The third-order valence-corrected chi connectivity index (χ3v) is 8.68. The van der Waals surface area contributed by atoms with E-state index in [4.69, 9.17) is 27.9 Å². The summed E-state index contributed by atoms with van der Waals surface area (Å²) in [5.74, 6) is 0.755. The van der Waals surface area contributed by atoms with Crippen molar-refractivity contribution in [3.63, 3.8) is 0 Å². The number of ether oxygens (including phenoxy) is 1. The molecule has 1 rings (SSSR count). The highest BCUT2D eigenvalue weighted by atomic mass is 35.5. The van der Waals surface area contributed by atoms with Crippen LogP contribution in [0, 0.1) is 0 Å². The number of unbranched alkanes of at least 4 members (excludes halogenated alkanes) is 17. The number of anilines is 1. The Kier molecular flexibility index (Phi) is 26.7. The van der Waals surface area contributed by atoms with Gasteiger partial charge in [-0.3, -0.25) is 9.59 Å². The normalized spacial score (nSPS) is 11.8. The summed E-state index contributed by atoms with van der Waals surface area (Å²) < 4.78 is 5.51. The average molecular weight is 656 g/mol. The van der Waals surface area contributed by atoms with E-state index in [9.17, 15) is 9.59 Å². The number of hydrogen-bond acceptors (Lipinski definition) is 4. The Labute approximate surface area is 280 Å². The number of halogens is 2. The minimum atomic E-state index is -0.412. The van der Waals surface area contributed by atoms with Crippen LogP contribution in [0.15, 0.2) is 24.3 Å². The molecule has 0 aliphatic heterocycles. The first-order chi connectivity index (χ1) is 21.5. The fourth-order valence-electron chi connectivity index (χ4n) is 5.61. The highest BCUT2D eigenvalue weighted by Crippen LogP contribution is 2.23. The molecule has 0 aliphatic rings. The summed E-state index contributed by atoms with van der Waals surface area (Å²) in [4.78, 5) is 27.7. The fraction of sp³-hybridized carbons (Fsp3) is 0.784. The van der Waals surface area contributed by atoms with Gasteiger partial charge in [-0.15, -0.1) is 23.2 Å². The zero-order valence-electron chi connectivity index (χ0n) is 28.2. The molecule has 0 aromatic heterocycles. The van der Waals surface area contributed by atoms with E-state index in [1.54, 1.807) is 0 Å². The first-order valence-corrected chi connectivity index (χ1v) is 19.0. The van der Waals surface area contributed by atoms with Crippen LogP contribution < -0.4 is 10.2 Å². The van der Waals surface area contributed by atoms with Crippen molar-refractivity contribution in [2.45, 2.75) is 155 Å². The Morgan fingerprint density at radius 1 is 0.682 bits per heavy atom. The number of nitrogens with one attached hydrogen (secondary N) is 1. The largest absolute Gasteiger partial charge is 0.466 e. The van der Waals surface area contributed by atoms with Crippen LogP contribution in [0.3, 0.4) is 0 Å². The second-order valence-corrected chi connectivity index (χ2v) is 13.0. The lowest BCUT2D eigenvalue weighted by Crippen LogP contribution is -2.31. The van der Waals surface area contributed by atoms with Crippen molar-refractivity contribution in [1.82, 2.24) is 5.32 Å². The van der Waals surface area contributed by atoms with Crippen molar-refractivity contribution < 1.29 is 14.3 Å². The second kappa shape index (κ2) is 29.0. The maximum atomic E-state index is 12.9. The molecule has 1 aromatic carbocycles. The van der Waals surface area contributed by atoms with Crippen LogP contribution in [0.4, 0.5) is 5.69 Å². The number of carbonyl (C=O) groups excluding carboxylic acids is 2. The number of amides is 1. The monoisotopic (exact) mass is 654 g/mol. The standard InChI is InChI=1S/C37H64Cl2N2O3/c1-3-5-7-9-10-11-12-13-14-15-16-17-18-19-20-22-36(42)40-35(32-37(43)44-31-21-8-6-4-2)33-23-25-34(26-24-33)41(29-27-38)30-28-39/h23-26,35H,3-22,27-32H2,1-2H3,(H,40,42). The Morgan fingerprint density at radius 3 is 1.61 bits per heavy atom. The minimum absolute atomic E-state index is 0.00424. The number of hydrogen-bond donors (Lipinski definition) is 1. The number of esters is 1. The van der Waals surface area contributed by atoms with Crippen molar-refractivity contribution in [1.29, 1.82) is 0 Å². The van der Waals surface area contributed by atoms with Gasteiger partial charge >= 0.3 is 5.97 Å². The molecule has 0 heterocycles. The van der Waals surface area contributed by atoms with Crippen molar-refractivity contribution in [2.75, 3.05) is 36.4 Å². The topological polar surface area (TPSA) is 58.6 Å². The van der Waals surface area contributed by atoms with Crippen molar-refractivity contribution >= 4 is 40.8 Å². The van der Waals surface area contributed by atoms with Gasteiger partial charge in [-0.1, -0.05) is 135 Å². The predicted molar refractivity (Wildman–Crippen MR) is 190 cm³/mol. The Balaban J connectivity index is 2.44. The molecule has 0 fully saturated rings. The van der Waals surface area contributed by atoms with E-state index in [2.05, 4.69) is 24.1 Å². The van der Waals surface area contributed by atoms with E-state index < -0.39 is 6.04 Å². The van der Waals surface area contributed by atoms with Gasteiger partial charge in [-0.05, 0) is 30.5 Å². The van der Waals surface area contributed by atoms with Gasteiger partial charge < -0.3 is 15.0 Å². The number of alkyl halides is 2. The Hall–Kier alpha value is -1.46. The summed E-state index contributed by atoms with van der Waals surface area (Å²) >= 11 is 12.0. The van der Waals surface area contributed by atoms with Crippen molar-refractivity contribution in [3.05, 3.63) is 29.8 Å². The molecule has 254 valence electrons. The Bertz CT molecular complexity index is 815. The fourth-order valence-corrected chi connectivity index (χ4v) is 6.02. The molecule has 5 nitrogen and oxygen atoms in total. The number of benzene rings is 1. The zero-order chi connectivity index (χ0) is 32.1. The minimum Gasteiger partial charge on any atom is -0.466 e. The van der Waals surface area contributed by atoms with Crippen LogP contribution in [-0.4, -0.2) is 43.3 Å². The van der Waals surface area contributed by atoms with Crippen LogP contribution in [-0.2, 0) is 14.3 Å². The molecule has 1 atom stereocenters. The quantitative estimate of drug-likeness (QED) is 0.0509. The lowest BCUT2D eigenvalue weighted by atomic mass is 10.0.